The van der Waals surface area contributed by atoms with Gasteiger partial charge >= 0.3 is 0 Å². The van der Waals surface area contributed by atoms with Gasteiger partial charge in [0.2, 0.25) is 0 Å². The zero-order chi connectivity index (χ0) is 13.1. The van der Waals surface area contributed by atoms with E-state index >= 15 is 0 Å². The summed E-state index contributed by atoms with van der Waals surface area (Å²) in [7, 11) is 1.86. The van der Waals surface area contributed by atoms with Crippen molar-refractivity contribution in [3.63, 3.8) is 0 Å². The van der Waals surface area contributed by atoms with Crippen molar-refractivity contribution in [2.24, 2.45) is 7.05 Å². The second kappa shape index (κ2) is 5.18. The highest BCUT2D eigenvalue weighted by molar-refractivity contribution is 6.32. The highest BCUT2D eigenvalue weighted by Gasteiger charge is 2.11. The molecule has 94 valence electrons. The maximum absolute atomic E-state index is 11.9. The van der Waals surface area contributed by atoms with Crippen molar-refractivity contribution in [2.75, 3.05) is 0 Å². The Hall–Kier alpha value is -1.88. The van der Waals surface area contributed by atoms with Crippen LogP contribution in [-0.4, -0.2) is 20.7 Å². The zero-order valence-electron chi connectivity index (χ0n) is 10.1. The third-order valence-corrected chi connectivity index (χ3v) is 3.08. The minimum absolute atomic E-state index is 0.206. The summed E-state index contributed by atoms with van der Waals surface area (Å²) >= 11 is 5.85. The predicted octanol–water partition coefficient (Wildman–Crippen LogP) is 1.71. The maximum Gasteiger partial charge on any atom is 0.254 e. The van der Waals surface area contributed by atoms with Crippen molar-refractivity contribution >= 4 is 17.5 Å². The number of amides is 1. The minimum Gasteiger partial charge on any atom is -0.348 e. The molecule has 0 atom stereocenters. The number of hydrogen-bond donors (Lipinski definition) is 1. The van der Waals surface area contributed by atoms with Crippen LogP contribution in [0.15, 0.2) is 24.5 Å². The molecule has 0 unspecified atom stereocenters. The van der Waals surface area contributed by atoms with E-state index in [9.17, 15) is 4.79 Å². The Morgan fingerprint density at radius 3 is 2.94 bits per heavy atom. The quantitative estimate of drug-likeness (QED) is 0.859. The molecule has 6 heteroatoms. The molecule has 0 spiro atoms. The summed E-state index contributed by atoms with van der Waals surface area (Å²) in [6.45, 7) is 2.37. The molecule has 2 rings (SSSR count). The van der Waals surface area contributed by atoms with Crippen molar-refractivity contribution in [3.05, 3.63) is 46.5 Å². The number of nitrogens with one attached hydrogen (secondary N) is 1. The molecule has 0 fully saturated rings. The number of nitrogens with zero attached hydrogens (tertiary/aromatic N) is 3. The largest absolute Gasteiger partial charge is 0.348 e. The first-order valence-electron chi connectivity index (χ1n) is 5.46. The van der Waals surface area contributed by atoms with Crippen molar-refractivity contribution < 1.29 is 4.79 Å². The molecule has 0 aliphatic heterocycles. The molecule has 2 heterocycles. The van der Waals surface area contributed by atoms with Crippen LogP contribution < -0.4 is 5.32 Å². The van der Waals surface area contributed by atoms with Gasteiger partial charge in [0.1, 0.15) is 5.15 Å². The van der Waals surface area contributed by atoms with Crippen LogP contribution in [0, 0.1) is 6.92 Å². The van der Waals surface area contributed by atoms with Gasteiger partial charge in [0, 0.05) is 31.0 Å². The maximum atomic E-state index is 11.9. The first kappa shape index (κ1) is 12.6. The van der Waals surface area contributed by atoms with E-state index in [0.29, 0.717) is 12.1 Å². The second-order valence-electron chi connectivity index (χ2n) is 3.90. The van der Waals surface area contributed by atoms with E-state index in [1.54, 1.807) is 29.2 Å². The Morgan fingerprint density at radius 1 is 1.56 bits per heavy atom. The lowest BCUT2D eigenvalue weighted by atomic mass is 10.2. The van der Waals surface area contributed by atoms with Crippen LogP contribution in [0.5, 0.6) is 0 Å². The molecule has 0 aliphatic rings. The molecule has 0 bridgehead atoms. The SMILES string of the molecule is Cc1c(CNC(=O)c2cccnc2Cl)cnn1C. The second-order valence-corrected chi connectivity index (χ2v) is 4.26. The Kier molecular flexibility index (Phi) is 3.62. The van der Waals surface area contributed by atoms with E-state index in [2.05, 4.69) is 15.4 Å². The number of hydrogen-bond acceptors (Lipinski definition) is 3. The molecule has 5 nitrogen and oxygen atoms in total. The molecule has 1 N–H and O–H groups in total. The molecule has 0 saturated carbocycles. The van der Waals surface area contributed by atoms with Crippen molar-refractivity contribution in [1.29, 1.82) is 0 Å². The van der Waals surface area contributed by atoms with E-state index < -0.39 is 0 Å². The normalized spacial score (nSPS) is 10.4. The van der Waals surface area contributed by atoms with Crippen LogP contribution in [0.4, 0.5) is 0 Å². The number of carbonyl (C=O) groups is 1. The lowest BCUT2D eigenvalue weighted by molar-refractivity contribution is 0.0950. The predicted molar refractivity (Wildman–Crippen MR) is 68.4 cm³/mol. The average molecular weight is 265 g/mol. The van der Waals surface area contributed by atoms with Crippen LogP contribution >= 0.6 is 11.6 Å². The molecule has 0 aromatic carbocycles. The van der Waals surface area contributed by atoms with E-state index in [0.717, 1.165) is 11.3 Å². The van der Waals surface area contributed by atoms with Gasteiger partial charge in [-0.25, -0.2) is 4.98 Å². The topological polar surface area (TPSA) is 59.8 Å². The first-order chi connectivity index (χ1) is 8.59. The van der Waals surface area contributed by atoms with Gasteiger partial charge < -0.3 is 5.32 Å². The van der Waals surface area contributed by atoms with E-state index in [4.69, 9.17) is 11.6 Å². The first-order valence-corrected chi connectivity index (χ1v) is 5.83. The standard InChI is InChI=1S/C12H13ClN4O/c1-8-9(7-16-17(8)2)6-15-12(18)10-4-3-5-14-11(10)13/h3-5,7H,6H2,1-2H3,(H,15,18). The number of halogens is 1. The number of aromatic nitrogens is 3. The van der Waals surface area contributed by atoms with E-state index in [1.807, 2.05) is 14.0 Å². The third-order valence-electron chi connectivity index (χ3n) is 2.78. The molecular weight excluding hydrogens is 252 g/mol. The molecule has 18 heavy (non-hydrogen) atoms. The van der Waals surface area contributed by atoms with Crippen LogP contribution in [-0.2, 0) is 13.6 Å². The molecule has 2 aromatic heterocycles. The van der Waals surface area contributed by atoms with Gasteiger partial charge in [0.05, 0.1) is 11.8 Å². The number of pyridine rings is 1. The third kappa shape index (κ3) is 2.51. The monoisotopic (exact) mass is 264 g/mol. The highest BCUT2D eigenvalue weighted by Crippen LogP contribution is 2.12. The summed E-state index contributed by atoms with van der Waals surface area (Å²) in [6.07, 6.45) is 3.28. The fourth-order valence-corrected chi connectivity index (χ4v) is 1.75. The smallest absolute Gasteiger partial charge is 0.254 e. The van der Waals surface area contributed by atoms with Gasteiger partial charge in [-0.3, -0.25) is 9.48 Å². The lowest BCUT2D eigenvalue weighted by Gasteiger charge is -2.05. The zero-order valence-corrected chi connectivity index (χ0v) is 10.9. The van der Waals surface area contributed by atoms with Crippen LogP contribution in [0.3, 0.4) is 0 Å². The molecular formula is C12H13ClN4O. The number of carbonyl (C=O) groups excluding carboxylic acids is 1. The summed E-state index contributed by atoms with van der Waals surface area (Å²) in [5.74, 6) is -0.239. The van der Waals surface area contributed by atoms with Gasteiger partial charge in [-0.2, -0.15) is 5.10 Å². The van der Waals surface area contributed by atoms with Crippen molar-refractivity contribution in [2.45, 2.75) is 13.5 Å². The van der Waals surface area contributed by atoms with Crippen LogP contribution in [0.25, 0.3) is 0 Å². The van der Waals surface area contributed by atoms with Gasteiger partial charge in [-0.05, 0) is 19.1 Å². The molecule has 0 radical (unpaired) electrons. The Balaban J connectivity index is 2.05. The molecule has 1 amide bonds. The summed E-state index contributed by atoms with van der Waals surface area (Å²) in [5, 5.41) is 7.11. The van der Waals surface area contributed by atoms with Crippen molar-refractivity contribution in [1.82, 2.24) is 20.1 Å². The highest BCUT2D eigenvalue weighted by atomic mass is 35.5. The molecule has 2 aromatic rings. The van der Waals surface area contributed by atoms with E-state index in [-0.39, 0.29) is 11.1 Å². The Bertz CT molecular complexity index is 579. The van der Waals surface area contributed by atoms with Gasteiger partial charge in [0.25, 0.3) is 5.91 Å². The molecule has 0 aliphatic carbocycles. The minimum atomic E-state index is -0.239. The summed E-state index contributed by atoms with van der Waals surface area (Å²) in [4.78, 5) is 15.8. The summed E-state index contributed by atoms with van der Waals surface area (Å²) in [5.41, 5.74) is 2.37. The Labute approximate surface area is 110 Å². The summed E-state index contributed by atoms with van der Waals surface area (Å²) in [6, 6.07) is 3.32. The van der Waals surface area contributed by atoms with Gasteiger partial charge in [-0.1, -0.05) is 11.6 Å². The Morgan fingerprint density at radius 2 is 2.33 bits per heavy atom. The number of rotatable bonds is 3. The van der Waals surface area contributed by atoms with Gasteiger partial charge in [0.15, 0.2) is 0 Å². The average Bonchev–Trinajstić information content (AvgIpc) is 2.68. The fraction of sp³-hybridized carbons (Fsp3) is 0.250. The van der Waals surface area contributed by atoms with Crippen LogP contribution in [0.2, 0.25) is 5.15 Å². The van der Waals surface area contributed by atoms with Crippen LogP contribution in [0.1, 0.15) is 21.6 Å². The summed E-state index contributed by atoms with van der Waals surface area (Å²) < 4.78 is 1.76. The number of aryl methyl sites for hydroxylation is 1. The van der Waals surface area contributed by atoms with E-state index in [1.165, 1.54) is 0 Å². The van der Waals surface area contributed by atoms with Gasteiger partial charge in [-0.15, -0.1) is 0 Å². The molecule has 0 saturated heterocycles. The van der Waals surface area contributed by atoms with Crippen molar-refractivity contribution in [3.8, 4) is 0 Å². The lowest BCUT2D eigenvalue weighted by Crippen LogP contribution is -2.23. The fourth-order valence-electron chi connectivity index (χ4n) is 1.54.